The minimum atomic E-state index is -1.33. The molecule has 0 aromatic heterocycles. The third-order valence-corrected chi connectivity index (χ3v) is 4.34. The van der Waals surface area contributed by atoms with Crippen molar-refractivity contribution in [3.8, 4) is 5.75 Å². The average molecular weight is 366 g/mol. The zero-order valence-electron chi connectivity index (χ0n) is 14.5. The summed E-state index contributed by atoms with van der Waals surface area (Å²) in [6.07, 6.45) is 2.35. The van der Waals surface area contributed by atoms with Gasteiger partial charge in [-0.2, -0.15) is 0 Å². The molecule has 1 saturated carbocycles. The molecule has 0 heterocycles. The summed E-state index contributed by atoms with van der Waals surface area (Å²) < 4.78 is 18.2. The van der Waals surface area contributed by atoms with E-state index in [-0.39, 0.29) is 24.1 Å². The van der Waals surface area contributed by atoms with Crippen molar-refractivity contribution in [1.29, 1.82) is 0 Å². The second-order valence-corrected chi connectivity index (χ2v) is 6.37. The fourth-order valence-electron chi connectivity index (χ4n) is 3.07. The maximum atomic E-state index is 12.9. The van der Waals surface area contributed by atoms with E-state index in [2.05, 4.69) is 10.6 Å². The Balaban J connectivity index is 1.96. The number of hydrogen-bond donors (Lipinski definition) is 3. The van der Waals surface area contributed by atoms with E-state index < -0.39 is 29.8 Å². The first-order chi connectivity index (χ1) is 12.4. The number of carboxylic acid groups (broad SMARTS) is 1. The summed E-state index contributed by atoms with van der Waals surface area (Å²) in [5.41, 5.74) is 0. The molecule has 2 atom stereocenters. The molecule has 8 heteroatoms. The number of hydrogen-bond acceptors (Lipinski definition) is 4. The smallest absolute Gasteiger partial charge is 0.346 e. The zero-order chi connectivity index (χ0) is 19.1. The number of carbonyl (C=O) groups excluding carboxylic acids is 2. The molecule has 0 aliphatic heterocycles. The minimum Gasteiger partial charge on any atom is -0.478 e. The molecule has 0 spiro atoms. The number of nitrogens with one attached hydrogen (secondary N) is 2. The number of benzene rings is 1. The Hall–Kier alpha value is -2.64. The molecule has 0 saturated heterocycles. The lowest BCUT2D eigenvalue weighted by Crippen LogP contribution is -2.52. The van der Waals surface area contributed by atoms with Crippen LogP contribution in [0.15, 0.2) is 24.3 Å². The Kier molecular flexibility index (Phi) is 6.94. The molecule has 2 amide bonds. The Morgan fingerprint density at radius 2 is 1.85 bits per heavy atom. The Morgan fingerprint density at radius 3 is 2.38 bits per heavy atom. The molecule has 142 valence electrons. The van der Waals surface area contributed by atoms with Crippen molar-refractivity contribution in [3.63, 3.8) is 0 Å². The van der Waals surface area contributed by atoms with Crippen LogP contribution in [0.3, 0.4) is 0 Å². The summed E-state index contributed by atoms with van der Waals surface area (Å²) >= 11 is 0. The molecule has 1 aromatic carbocycles. The summed E-state index contributed by atoms with van der Waals surface area (Å²) in [5, 5.41) is 14.5. The minimum absolute atomic E-state index is 0.0418. The van der Waals surface area contributed by atoms with E-state index in [1.54, 1.807) is 0 Å². The highest BCUT2D eigenvalue weighted by Gasteiger charge is 2.32. The van der Waals surface area contributed by atoms with Crippen LogP contribution in [0, 0.1) is 11.7 Å². The molecule has 2 unspecified atom stereocenters. The molecular formula is C18H23FN2O5. The first-order valence-electron chi connectivity index (χ1n) is 8.56. The molecule has 7 nitrogen and oxygen atoms in total. The normalized spacial score (nSPS) is 16.5. The van der Waals surface area contributed by atoms with Crippen LogP contribution in [0.25, 0.3) is 0 Å². The third-order valence-electron chi connectivity index (χ3n) is 4.34. The van der Waals surface area contributed by atoms with Crippen molar-refractivity contribution >= 4 is 17.8 Å². The van der Waals surface area contributed by atoms with E-state index >= 15 is 0 Å². The molecule has 1 aliphatic carbocycles. The van der Waals surface area contributed by atoms with Crippen LogP contribution in [0.5, 0.6) is 5.75 Å². The highest BCUT2D eigenvalue weighted by Crippen LogP contribution is 2.28. The number of aliphatic carboxylic acids is 1. The first kappa shape index (κ1) is 19.7. The van der Waals surface area contributed by atoms with Crippen LogP contribution < -0.4 is 15.4 Å². The van der Waals surface area contributed by atoms with Crippen LogP contribution in [0.2, 0.25) is 0 Å². The summed E-state index contributed by atoms with van der Waals surface area (Å²) in [4.78, 5) is 35.2. The van der Waals surface area contributed by atoms with Gasteiger partial charge in [0.15, 0.2) is 0 Å². The van der Waals surface area contributed by atoms with Crippen molar-refractivity contribution < 1.29 is 28.6 Å². The highest BCUT2D eigenvalue weighted by atomic mass is 19.1. The quantitative estimate of drug-likeness (QED) is 0.646. The average Bonchev–Trinajstić information content (AvgIpc) is 3.11. The van der Waals surface area contributed by atoms with Crippen LogP contribution >= 0.6 is 0 Å². The predicted octanol–water partition coefficient (Wildman–Crippen LogP) is 1.47. The van der Waals surface area contributed by atoms with Gasteiger partial charge in [-0.1, -0.05) is 12.8 Å². The number of halogens is 1. The Labute approximate surface area is 150 Å². The highest BCUT2D eigenvalue weighted by molar-refractivity contribution is 5.87. The standard InChI is InChI=1S/C18H23FN2O5/c1-11(22)21-16(12-4-2-3-5-12)17(23)20-10-15(18(24)25)26-14-8-6-13(19)7-9-14/h6-9,12,15-16H,2-5,10H2,1H3,(H,20,23)(H,21,22)(H,24,25). The van der Waals surface area contributed by atoms with Gasteiger partial charge in [-0.3, -0.25) is 9.59 Å². The van der Waals surface area contributed by atoms with Crippen molar-refractivity contribution in [2.24, 2.45) is 5.92 Å². The Morgan fingerprint density at radius 1 is 1.23 bits per heavy atom. The SMILES string of the molecule is CC(=O)NC(C(=O)NCC(Oc1ccc(F)cc1)C(=O)O)C1CCCC1. The zero-order valence-corrected chi connectivity index (χ0v) is 14.5. The van der Waals surface area contributed by atoms with Crippen molar-refractivity contribution in [2.75, 3.05) is 6.54 Å². The van der Waals surface area contributed by atoms with E-state index in [9.17, 15) is 23.9 Å². The van der Waals surface area contributed by atoms with Gasteiger partial charge in [-0.25, -0.2) is 9.18 Å². The van der Waals surface area contributed by atoms with Crippen LogP contribution in [0.4, 0.5) is 4.39 Å². The van der Waals surface area contributed by atoms with Gasteiger partial charge < -0.3 is 20.5 Å². The summed E-state index contributed by atoms with van der Waals surface area (Å²) in [6.45, 7) is 1.07. The van der Waals surface area contributed by atoms with Crippen molar-refractivity contribution in [1.82, 2.24) is 10.6 Å². The van der Waals surface area contributed by atoms with E-state index in [0.29, 0.717) is 0 Å². The lowest BCUT2D eigenvalue weighted by atomic mass is 9.97. The van der Waals surface area contributed by atoms with E-state index in [1.807, 2.05) is 0 Å². The molecule has 1 aliphatic rings. The Bertz CT molecular complexity index is 643. The van der Waals surface area contributed by atoms with Gasteiger partial charge in [0.1, 0.15) is 17.6 Å². The second-order valence-electron chi connectivity index (χ2n) is 6.37. The first-order valence-corrected chi connectivity index (χ1v) is 8.56. The van der Waals surface area contributed by atoms with E-state index in [1.165, 1.54) is 19.1 Å². The lowest BCUT2D eigenvalue weighted by Gasteiger charge is -2.24. The fraction of sp³-hybridized carbons (Fsp3) is 0.500. The number of carboxylic acids is 1. The lowest BCUT2D eigenvalue weighted by molar-refractivity contribution is -0.145. The maximum Gasteiger partial charge on any atom is 0.346 e. The van der Waals surface area contributed by atoms with Crippen LogP contribution in [-0.4, -0.2) is 41.6 Å². The van der Waals surface area contributed by atoms with Crippen molar-refractivity contribution in [2.45, 2.75) is 44.8 Å². The van der Waals surface area contributed by atoms with Gasteiger partial charge in [-0.05, 0) is 43.0 Å². The fourth-order valence-corrected chi connectivity index (χ4v) is 3.07. The second kappa shape index (κ2) is 9.17. The maximum absolute atomic E-state index is 12.9. The molecule has 26 heavy (non-hydrogen) atoms. The topological polar surface area (TPSA) is 105 Å². The molecule has 1 aromatic rings. The summed E-state index contributed by atoms with van der Waals surface area (Å²) in [7, 11) is 0. The monoisotopic (exact) mass is 366 g/mol. The van der Waals surface area contributed by atoms with Gasteiger partial charge >= 0.3 is 5.97 Å². The third kappa shape index (κ3) is 5.72. The van der Waals surface area contributed by atoms with Gasteiger partial charge in [0.2, 0.25) is 17.9 Å². The molecule has 2 rings (SSSR count). The molecule has 3 N–H and O–H groups in total. The number of amides is 2. The molecule has 0 bridgehead atoms. The van der Waals surface area contributed by atoms with Gasteiger partial charge in [-0.15, -0.1) is 0 Å². The van der Waals surface area contributed by atoms with Crippen molar-refractivity contribution in [3.05, 3.63) is 30.1 Å². The van der Waals surface area contributed by atoms with Gasteiger partial charge in [0.25, 0.3) is 0 Å². The predicted molar refractivity (Wildman–Crippen MR) is 91.0 cm³/mol. The summed E-state index contributed by atoms with van der Waals surface area (Å²) in [6, 6.07) is 4.24. The largest absolute Gasteiger partial charge is 0.478 e. The molecule has 0 radical (unpaired) electrons. The van der Waals surface area contributed by atoms with Gasteiger partial charge in [0, 0.05) is 6.92 Å². The number of carbonyl (C=O) groups is 3. The number of ether oxygens (including phenoxy) is 1. The molecular weight excluding hydrogens is 343 g/mol. The van der Waals surface area contributed by atoms with Crippen LogP contribution in [-0.2, 0) is 14.4 Å². The number of rotatable bonds is 8. The van der Waals surface area contributed by atoms with E-state index in [0.717, 1.165) is 37.8 Å². The molecule has 1 fully saturated rings. The van der Waals surface area contributed by atoms with E-state index in [4.69, 9.17) is 4.74 Å². The van der Waals surface area contributed by atoms with Crippen LogP contribution in [0.1, 0.15) is 32.6 Å². The van der Waals surface area contributed by atoms with Gasteiger partial charge in [0.05, 0.1) is 6.54 Å². The summed E-state index contributed by atoms with van der Waals surface area (Å²) in [5.74, 6) is -2.24.